The van der Waals surface area contributed by atoms with Crippen molar-refractivity contribution in [3.63, 3.8) is 0 Å². The van der Waals surface area contributed by atoms with Crippen LogP contribution in [0.1, 0.15) is 29.9 Å². The van der Waals surface area contributed by atoms with Crippen molar-refractivity contribution >= 4 is 11.8 Å². The maximum Gasteiger partial charge on any atom is 0.340 e. The summed E-state index contributed by atoms with van der Waals surface area (Å²) in [7, 11) is 0. The van der Waals surface area contributed by atoms with Crippen LogP contribution in [0.5, 0.6) is 0 Å². The number of nitrogens with zero attached hydrogens (tertiary/aromatic N) is 2. The average molecular weight is 284 g/mol. The largest absolute Gasteiger partial charge is 0.478 e. The summed E-state index contributed by atoms with van der Waals surface area (Å²) in [5.74, 6) is -0.394. The fourth-order valence-electron chi connectivity index (χ4n) is 2.46. The third kappa shape index (κ3) is 3.05. The zero-order chi connectivity index (χ0) is 15.4. The highest BCUT2D eigenvalue weighted by Crippen LogP contribution is 2.31. The van der Waals surface area contributed by atoms with Crippen LogP contribution in [0.25, 0.3) is 11.1 Å². The number of carboxylic acids is 1. The second kappa shape index (κ2) is 6.39. The molecule has 0 fully saturated rings. The Balaban J connectivity index is 2.73. The lowest BCUT2D eigenvalue weighted by molar-refractivity contribution is 0.0698. The molecule has 1 aromatic heterocycles. The first-order valence-corrected chi connectivity index (χ1v) is 7.13. The Hall–Kier alpha value is -2.36. The summed E-state index contributed by atoms with van der Waals surface area (Å²) in [4.78, 5) is 18.2. The second-order valence-electron chi connectivity index (χ2n) is 4.85. The van der Waals surface area contributed by atoms with Gasteiger partial charge in [-0.25, -0.2) is 9.78 Å². The van der Waals surface area contributed by atoms with E-state index in [0.29, 0.717) is 5.82 Å². The van der Waals surface area contributed by atoms with Gasteiger partial charge in [-0.3, -0.25) is 0 Å². The third-order valence-electron chi connectivity index (χ3n) is 3.49. The van der Waals surface area contributed by atoms with Gasteiger partial charge in [0.25, 0.3) is 0 Å². The minimum atomic E-state index is -0.941. The lowest BCUT2D eigenvalue weighted by atomic mass is 9.99. The Labute approximate surface area is 125 Å². The van der Waals surface area contributed by atoms with E-state index in [4.69, 9.17) is 0 Å². The van der Waals surface area contributed by atoms with Crippen molar-refractivity contribution in [2.45, 2.75) is 20.8 Å². The Morgan fingerprint density at radius 1 is 1.19 bits per heavy atom. The molecule has 0 bridgehead atoms. The summed E-state index contributed by atoms with van der Waals surface area (Å²) in [5.41, 5.74) is 2.71. The summed E-state index contributed by atoms with van der Waals surface area (Å²) in [5, 5.41) is 9.67. The molecule has 2 aromatic rings. The van der Waals surface area contributed by atoms with Crippen LogP contribution in [0.2, 0.25) is 0 Å². The Morgan fingerprint density at radius 2 is 1.81 bits per heavy atom. The first-order chi connectivity index (χ1) is 10.1. The number of anilines is 1. The molecule has 0 saturated carbocycles. The molecule has 4 heteroatoms. The summed E-state index contributed by atoms with van der Waals surface area (Å²) in [6.45, 7) is 7.34. The molecule has 110 valence electrons. The van der Waals surface area contributed by atoms with E-state index in [1.165, 1.54) is 0 Å². The molecule has 21 heavy (non-hydrogen) atoms. The minimum absolute atomic E-state index is 0.274. The van der Waals surface area contributed by atoms with Gasteiger partial charge in [0.15, 0.2) is 0 Å². The number of aromatic carboxylic acids is 1. The van der Waals surface area contributed by atoms with Crippen LogP contribution in [0, 0.1) is 6.92 Å². The number of aromatic nitrogens is 1. The van der Waals surface area contributed by atoms with Crippen molar-refractivity contribution in [2.24, 2.45) is 0 Å². The first kappa shape index (κ1) is 15.0. The van der Waals surface area contributed by atoms with Gasteiger partial charge in [0, 0.05) is 24.3 Å². The van der Waals surface area contributed by atoms with Crippen molar-refractivity contribution in [1.82, 2.24) is 4.98 Å². The smallest absolute Gasteiger partial charge is 0.340 e. The average Bonchev–Trinajstić information content (AvgIpc) is 2.48. The number of carbonyl (C=O) groups is 1. The summed E-state index contributed by atoms with van der Waals surface area (Å²) in [6.07, 6.45) is 0. The molecule has 0 aliphatic heterocycles. The van der Waals surface area contributed by atoms with E-state index >= 15 is 0 Å². The fraction of sp³-hybridized carbons (Fsp3) is 0.294. The van der Waals surface area contributed by atoms with Gasteiger partial charge in [0.2, 0.25) is 0 Å². The Morgan fingerprint density at radius 3 is 2.33 bits per heavy atom. The van der Waals surface area contributed by atoms with Gasteiger partial charge in [-0.2, -0.15) is 0 Å². The van der Waals surface area contributed by atoms with Gasteiger partial charge >= 0.3 is 5.97 Å². The predicted octanol–water partition coefficient (Wildman–Crippen LogP) is 3.60. The topological polar surface area (TPSA) is 53.4 Å². The number of pyridine rings is 1. The minimum Gasteiger partial charge on any atom is -0.478 e. The molecule has 0 atom stereocenters. The quantitative estimate of drug-likeness (QED) is 0.911. The molecule has 4 nitrogen and oxygen atoms in total. The highest BCUT2D eigenvalue weighted by atomic mass is 16.4. The molecule has 0 aliphatic carbocycles. The van der Waals surface area contributed by atoms with E-state index in [1.807, 2.05) is 62.1 Å². The summed E-state index contributed by atoms with van der Waals surface area (Å²) < 4.78 is 0. The molecule has 0 unspecified atom stereocenters. The van der Waals surface area contributed by atoms with E-state index < -0.39 is 5.97 Å². The van der Waals surface area contributed by atoms with Crippen LogP contribution < -0.4 is 4.90 Å². The van der Waals surface area contributed by atoms with Crippen molar-refractivity contribution in [2.75, 3.05) is 18.0 Å². The fourth-order valence-corrected chi connectivity index (χ4v) is 2.46. The number of benzene rings is 1. The van der Waals surface area contributed by atoms with Gasteiger partial charge in [-0.05, 0) is 32.4 Å². The molecule has 1 heterocycles. The van der Waals surface area contributed by atoms with Crippen molar-refractivity contribution in [3.05, 3.63) is 47.7 Å². The van der Waals surface area contributed by atoms with Crippen molar-refractivity contribution in [3.8, 4) is 11.1 Å². The molecular weight excluding hydrogens is 264 g/mol. The van der Waals surface area contributed by atoms with E-state index in [0.717, 1.165) is 29.9 Å². The maximum atomic E-state index is 11.8. The summed E-state index contributed by atoms with van der Waals surface area (Å²) in [6, 6.07) is 11.4. The van der Waals surface area contributed by atoms with Crippen LogP contribution in [-0.2, 0) is 0 Å². The van der Waals surface area contributed by atoms with Crippen LogP contribution in [0.3, 0.4) is 0 Å². The molecule has 0 aliphatic rings. The molecule has 2 rings (SSSR count). The number of carboxylic acid groups (broad SMARTS) is 1. The Bertz CT molecular complexity index is 635. The van der Waals surface area contributed by atoms with Gasteiger partial charge < -0.3 is 10.0 Å². The molecular formula is C17H20N2O2. The zero-order valence-electron chi connectivity index (χ0n) is 12.6. The van der Waals surface area contributed by atoms with E-state index in [9.17, 15) is 9.90 Å². The van der Waals surface area contributed by atoms with E-state index in [-0.39, 0.29) is 5.56 Å². The van der Waals surface area contributed by atoms with Gasteiger partial charge in [-0.15, -0.1) is 0 Å². The first-order valence-electron chi connectivity index (χ1n) is 7.13. The highest BCUT2D eigenvalue weighted by molar-refractivity contribution is 6.01. The van der Waals surface area contributed by atoms with Crippen molar-refractivity contribution < 1.29 is 9.90 Å². The normalized spacial score (nSPS) is 10.4. The third-order valence-corrected chi connectivity index (χ3v) is 3.49. The molecule has 0 saturated heterocycles. The van der Waals surface area contributed by atoms with Gasteiger partial charge in [0.1, 0.15) is 11.4 Å². The monoisotopic (exact) mass is 284 g/mol. The van der Waals surface area contributed by atoms with Crippen molar-refractivity contribution in [1.29, 1.82) is 0 Å². The lowest BCUT2D eigenvalue weighted by Crippen LogP contribution is -2.26. The molecule has 1 N–H and O–H groups in total. The van der Waals surface area contributed by atoms with Gasteiger partial charge in [-0.1, -0.05) is 30.3 Å². The standard InChI is InChI=1S/C17H20N2O2/c1-4-19(5-2)16-15(17(20)21)14(11-12(3)18-16)13-9-7-6-8-10-13/h6-11H,4-5H2,1-3H3,(H,20,21). The van der Waals surface area contributed by atoms with E-state index in [2.05, 4.69) is 4.98 Å². The van der Waals surface area contributed by atoms with Crippen LogP contribution in [0.4, 0.5) is 5.82 Å². The number of rotatable bonds is 5. The second-order valence-corrected chi connectivity index (χ2v) is 4.85. The molecule has 0 radical (unpaired) electrons. The van der Waals surface area contributed by atoms with Crippen LogP contribution in [0.15, 0.2) is 36.4 Å². The van der Waals surface area contributed by atoms with Crippen LogP contribution in [-0.4, -0.2) is 29.1 Å². The number of hydrogen-bond acceptors (Lipinski definition) is 3. The SMILES string of the molecule is CCN(CC)c1nc(C)cc(-c2ccccc2)c1C(=O)O. The van der Waals surface area contributed by atoms with Crippen LogP contribution >= 0.6 is 0 Å². The van der Waals surface area contributed by atoms with E-state index in [1.54, 1.807) is 0 Å². The molecule has 0 spiro atoms. The molecule has 1 aromatic carbocycles. The highest BCUT2D eigenvalue weighted by Gasteiger charge is 2.22. The number of hydrogen-bond donors (Lipinski definition) is 1. The lowest BCUT2D eigenvalue weighted by Gasteiger charge is -2.23. The predicted molar refractivity (Wildman–Crippen MR) is 84.9 cm³/mol. The zero-order valence-corrected chi connectivity index (χ0v) is 12.6. The summed E-state index contributed by atoms with van der Waals surface area (Å²) >= 11 is 0. The molecule has 0 amide bonds. The van der Waals surface area contributed by atoms with Gasteiger partial charge in [0.05, 0.1) is 0 Å². The Kier molecular flexibility index (Phi) is 4.58. The maximum absolute atomic E-state index is 11.8. The number of aryl methyl sites for hydroxylation is 1.